The molecule has 0 bridgehead atoms. The van der Waals surface area contributed by atoms with E-state index in [1.165, 1.54) is 10.8 Å². The van der Waals surface area contributed by atoms with Crippen LogP contribution in [0.2, 0.25) is 0 Å². The maximum atomic E-state index is 6.83. The van der Waals surface area contributed by atoms with Crippen molar-refractivity contribution in [1.82, 2.24) is 0 Å². The van der Waals surface area contributed by atoms with Crippen molar-refractivity contribution in [2.75, 3.05) is 9.80 Å². The van der Waals surface area contributed by atoms with Crippen molar-refractivity contribution in [2.24, 2.45) is 0 Å². The molecule has 0 spiro atoms. The molecule has 0 aliphatic heterocycles. The van der Waals surface area contributed by atoms with Gasteiger partial charge in [0.2, 0.25) is 0 Å². The van der Waals surface area contributed by atoms with Gasteiger partial charge in [0.05, 0.1) is 22.7 Å². The van der Waals surface area contributed by atoms with Crippen LogP contribution in [0.1, 0.15) is 0 Å². The lowest BCUT2D eigenvalue weighted by atomic mass is 9.99. The van der Waals surface area contributed by atoms with Gasteiger partial charge in [0.15, 0.2) is 0 Å². The third-order valence-corrected chi connectivity index (χ3v) is 10.4. The van der Waals surface area contributed by atoms with E-state index in [1.54, 1.807) is 0 Å². The molecule has 260 valence electrons. The van der Waals surface area contributed by atoms with Gasteiger partial charge in [0.25, 0.3) is 0 Å². The third kappa shape index (κ3) is 5.80. The summed E-state index contributed by atoms with van der Waals surface area (Å²) in [5.74, 6) is 0. The molecule has 1 heterocycles. The van der Waals surface area contributed by atoms with Crippen molar-refractivity contribution in [3.8, 4) is 22.3 Å². The van der Waals surface area contributed by atoms with E-state index in [9.17, 15) is 0 Å². The molecule has 55 heavy (non-hydrogen) atoms. The molecule has 0 radical (unpaired) electrons. The summed E-state index contributed by atoms with van der Waals surface area (Å²) in [6.45, 7) is 0. The first-order valence-corrected chi connectivity index (χ1v) is 18.7. The van der Waals surface area contributed by atoms with Gasteiger partial charge in [0, 0.05) is 39.3 Å². The third-order valence-electron chi connectivity index (χ3n) is 10.4. The maximum Gasteiger partial charge on any atom is 0.137 e. The highest BCUT2D eigenvalue weighted by atomic mass is 16.3. The van der Waals surface area contributed by atoms with E-state index < -0.39 is 0 Å². The van der Waals surface area contributed by atoms with E-state index in [0.29, 0.717) is 0 Å². The molecule has 10 aromatic rings. The van der Waals surface area contributed by atoms with Gasteiger partial charge < -0.3 is 14.2 Å². The molecule has 0 N–H and O–H groups in total. The summed E-state index contributed by atoms with van der Waals surface area (Å²) in [4.78, 5) is 4.81. The summed E-state index contributed by atoms with van der Waals surface area (Å²) in [5.41, 5.74) is 12.5. The number of nitrogens with zero attached hydrogens (tertiary/aromatic N) is 2. The number of benzene rings is 9. The van der Waals surface area contributed by atoms with Crippen molar-refractivity contribution >= 4 is 66.8 Å². The highest BCUT2D eigenvalue weighted by molar-refractivity contribution is 6.20. The topological polar surface area (TPSA) is 19.6 Å². The van der Waals surface area contributed by atoms with Crippen LogP contribution in [0.25, 0.3) is 55.0 Å². The predicted molar refractivity (Wildman–Crippen MR) is 231 cm³/mol. The molecule has 10 rings (SSSR count). The highest BCUT2D eigenvalue weighted by Crippen LogP contribution is 2.52. The van der Waals surface area contributed by atoms with Crippen molar-refractivity contribution < 1.29 is 4.42 Å². The van der Waals surface area contributed by atoms with E-state index in [1.807, 2.05) is 0 Å². The van der Waals surface area contributed by atoms with Crippen LogP contribution in [-0.2, 0) is 0 Å². The van der Waals surface area contributed by atoms with Gasteiger partial charge >= 0.3 is 0 Å². The summed E-state index contributed by atoms with van der Waals surface area (Å²) in [6.07, 6.45) is 0. The Kier molecular flexibility index (Phi) is 8.16. The summed E-state index contributed by atoms with van der Waals surface area (Å²) in [5, 5.41) is 4.53. The molecule has 9 aromatic carbocycles. The summed E-state index contributed by atoms with van der Waals surface area (Å²) < 4.78 is 6.83. The van der Waals surface area contributed by atoms with E-state index in [2.05, 4.69) is 228 Å². The quantitative estimate of drug-likeness (QED) is 0.157. The zero-order chi connectivity index (χ0) is 36.6. The van der Waals surface area contributed by atoms with Crippen LogP contribution < -0.4 is 9.80 Å². The Bertz CT molecular complexity index is 2920. The van der Waals surface area contributed by atoms with Crippen molar-refractivity contribution in [2.45, 2.75) is 0 Å². The van der Waals surface area contributed by atoms with Gasteiger partial charge in [-0.3, -0.25) is 0 Å². The van der Waals surface area contributed by atoms with Crippen LogP contribution >= 0.6 is 0 Å². The fourth-order valence-electron chi connectivity index (χ4n) is 7.96. The van der Waals surface area contributed by atoms with Crippen LogP contribution in [0.15, 0.2) is 223 Å². The van der Waals surface area contributed by atoms with E-state index in [4.69, 9.17) is 4.42 Å². The SMILES string of the molecule is c1ccc(-c2ccccc2N(c2ccccc2)c2cc3oc4ccc5ccccc5c4c3cc2N(c2ccccc2)c2ccccc2-c2ccccc2)cc1. The molecule has 0 aliphatic rings. The second-order valence-electron chi connectivity index (χ2n) is 13.7. The number of para-hydroxylation sites is 4. The smallest absolute Gasteiger partial charge is 0.137 e. The largest absolute Gasteiger partial charge is 0.456 e. The molecule has 3 heteroatoms. The second-order valence-corrected chi connectivity index (χ2v) is 13.7. The molecule has 0 saturated heterocycles. The number of hydrogen-bond acceptors (Lipinski definition) is 3. The summed E-state index contributed by atoms with van der Waals surface area (Å²) in [7, 11) is 0. The Morgan fingerprint density at radius 2 is 0.764 bits per heavy atom. The standard InChI is InChI=1S/C52H36N2O/c1-5-19-37(20-6-1)42-28-15-17-31-46(42)53(40-24-9-3-10-25-40)48-35-45-51(55-50-34-33-39-23-13-14-30-44(39)52(45)50)36-49(48)54(41-26-11-4-12-27-41)47-32-18-16-29-43(47)38-21-7-2-8-22-38/h1-36H. The Hall–Kier alpha value is -7.36. The number of fused-ring (bicyclic) bond motifs is 5. The molecule has 3 nitrogen and oxygen atoms in total. The Labute approximate surface area is 320 Å². The van der Waals surface area contributed by atoms with Gasteiger partial charge in [-0.2, -0.15) is 0 Å². The number of anilines is 6. The van der Waals surface area contributed by atoms with Crippen LogP contribution in [0, 0.1) is 0 Å². The molecule has 0 saturated carbocycles. The molecule has 0 unspecified atom stereocenters. The summed E-state index contributed by atoms with van der Waals surface area (Å²) >= 11 is 0. The molecular formula is C52H36N2O. The lowest BCUT2D eigenvalue weighted by molar-refractivity contribution is 0.669. The average molecular weight is 705 g/mol. The van der Waals surface area contributed by atoms with Gasteiger partial charge in [-0.25, -0.2) is 0 Å². The lowest BCUT2D eigenvalue weighted by Gasteiger charge is -2.35. The number of rotatable bonds is 8. The van der Waals surface area contributed by atoms with Crippen molar-refractivity contribution in [1.29, 1.82) is 0 Å². The van der Waals surface area contributed by atoms with Crippen molar-refractivity contribution in [3.63, 3.8) is 0 Å². The van der Waals surface area contributed by atoms with Crippen LogP contribution in [0.5, 0.6) is 0 Å². The highest BCUT2D eigenvalue weighted by Gasteiger charge is 2.27. The minimum atomic E-state index is 0.826. The van der Waals surface area contributed by atoms with Crippen molar-refractivity contribution in [3.05, 3.63) is 218 Å². The molecule has 0 fully saturated rings. The first kappa shape index (κ1) is 32.3. The molecule has 0 amide bonds. The molecule has 0 atom stereocenters. The normalized spacial score (nSPS) is 11.3. The molecule has 1 aromatic heterocycles. The number of hydrogen-bond donors (Lipinski definition) is 0. The van der Waals surface area contributed by atoms with E-state index in [0.717, 1.165) is 78.3 Å². The fourth-order valence-corrected chi connectivity index (χ4v) is 7.96. The van der Waals surface area contributed by atoms with Gasteiger partial charge in [-0.15, -0.1) is 0 Å². The van der Waals surface area contributed by atoms with E-state index >= 15 is 0 Å². The zero-order valence-corrected chi connectivity index (χ0v) is 30.1. The van der Waals surface area contributed by atoms with Crippen LogP contribution in [-0.4, -0.2) is 0 Å². The summed E-state index contributed by atoms with van der Waals surface area (Å²) in [6, 6.07) is 77.5. The van der Waals surface area contributed by atoms with Crippen LogP contribution in [0.4, 0.5) is 34.1 Å². The van der Waals surface area contributed by atoms with Gasteiger partial charge in [-0.05, 0) is 70.4 Å². The van der Waals surface area contributed by atoms with E-state index in [-0.39, 0.29) is 0 Å². The fraction of sp³-hybridized carbons (Fsp3) is 0. The minimum absolute atomic E-state index is 0.826. The maximum absolute atomic E-state index is 6.83. The second kappa shape index (κ2) is 13.9. The molecule has 0 aliphatic carbocycles. The minimum Gasteiger partial charge on any atom is -0.456 e. The monoisotopic (exact) mass is 704 g/mol. The Balaban J connectivity index is 1.35. The van der Waals surface area contributed by atoms with Crippen LogP contribution in [0.3, 0.4) is 0 Å². The predicted octanol–water partition coefficient (Wildman–Crippen LogP) is 15.0. The first-order valence-electron chi connectivity index (χ1n) is 18.7. The first-order chi connectivity index (χ1) is 27.3. The average Bonchev–Trinajstić information content (AvgIpc) is 3.64. The number of furan rings is 1. The zero-order valence-electron chi connectivity index (χ0n) is 30.1. The van der Waals surface area contributed by atoms with Gasteiger partial charge in [-0.1, -0.05) is 164 Å². The Morgan fingerprint density at radius 1 is 0.309 bits per heavy atom. The lowest BCUT2D eigenvalue weighted by Crippen LogP contribution is -2.18. The van der Waals surface area contributed by atoms with Gasteiger partial charge in [0.1, 0.15) is 11.2 Å². The Morgan fingerprint density at radius 3 is 1.33 bits per heavy atom. The molecular weight excluding hydrogens is 669 g/mol.